The Labute approximate surface area is 112 Å². The van der Waals surface area contributed by atoms with E-state index in [9.17, 15) is 4.39 Å². The maximum Gasteiger partial charge on any atom is 0.127 e. The van der Waals surface area contributed by atoms with Crippen LogP contribution in [-0.4, -0.2) is 16.9 Å². The van der Waals surface area contributed by atoms with Gasteiger partial charge in [0.2, 0.25) is 0 Å². The number of aromatic nitrogens is 1. The SMILES string of the molecule is CN(Cc1cccc(CN)n1)Cc1ccccc1F. The first-order valence-corrected chi connectivity index (χ1v) is 6.26. The molecular formula is C15H18FN3. The van der Waals surface area contributed by atoms with Crippen molar-refractivity contribution < 1.29 is 4.39 Å². The highest BCUT2D eigenvalue weighted by molar-refractivity contribution is 5.17. The number of nitrogens with zero attached hydrogens (tertiary/aromatic N) is 2. The third kappa shape index (κ3) is 3.84. The Morgan fingerprint density at radius 3 is 2.53 bits per heavy atom. The van der Waals surface area contributed by atoms with Crippen LogP contribution >= 0.6 is 0 Å². The number of halogens is 1. The summed E-state index contributed by atoms with van der Waals surface area (Å²) >= 11 is 0. The van der Waals surface area contributed by atoms with E-state index in [0.717, 1.165) is 11.4 Å². The monoisotopic (exact) mass is 259 g/mol. The third-order valence-corrected chi connectivity index (χ3v) is 2.90. The van der Waals surface area contributed by atoms with Crippen LogP contribution in [0.4, 0.5) is 4.39 Å². The molecule has 0 saturated carbocycles. The molecular weight excluding hydrogens is 241 g/mol. The predicted molar refractivity (Wildman–Crippen MR) is 73.7 cm³/mol. The zero-order valence-electron chi connectivity index (χ0n) is 11.0. The zero-order chi connectivity index (χ0) is 13.7. The highest BCUT2D eigenvalue weighted by atomic mass is 19.1. The normalized spacial score (nSPS) is 10.9. The number of benzene rings is 1. The van der Waals surface area contributed by atoms with Gasteiger partial charge in [-0.3, -0.25) is 9.88 Å². The van der Waals surface area contributed by atoms with E-state index in [-0.39, 0.29) is 5.82 Å². The summed E-state index contributed by atoms with van der Waals surface area (Å²) in [7, 11) is 1.95. The summed E-state index contributed by atoms with van der Waals surface area (Å²) in [5.74, 6) is -0.169. The molecule has 0 aliphatic heterocycles. The summed E-state index contributed by atoms with van der Waals surface area (Å²) in [6, 6.07) is 12.6. The molecule has 100 valence electrons. The van der Waals surface area contributed by atoms with Gasteiger partial charge in [0.25, 0.3) is 0 Å². The molecule has 1 aromatic heterocycles. The van der Waals surface area contributed by atoms with Crippen molar-refractivity contribution in [2.75, 3.05) is 7.05 Å². The minimum atomic E-state index is -0.169. The van der Waals surface area contributed by atoms with Crippen molar-refractivity contribution >= 4 is 0 Å². The Balaban J connectivity index is 2.01. The minimum absolute atomic E-state index is 0.169. The molecule has 0 aliphatic rings. The molecule has 3 nitrogen and oxygen atoms in total. The molecule has 2 rings (SSSR count). The second kappa shape index (κ2) is 6.41. The van der Waals surface area contributed by atoms with Crippen molar-refractivity contribution in [3.05, 3.63) is 65.2 Å². The minimum Gasteiger partial charge on any atom is -0.325 e. The topological polar surface area (TPSA) is 42.1 Å². The molecule has 0 amide bonds. The van der Waals surface area contributed by atoms with Crippen LogP contribution in [-0.2, 0) is 19.6 Å². The third-order valence-electron chi connectivity index (χ3n) is 2.90. The molecule has 1 heterocycles. The lowest BCUT2D eigenvalue weighted by molar-refractivity contribution is 0.309. The molecule has 2 N–H and O–H groups in total. The van der Waals surface area contributed by atoms with Gasteiger partial charge >= 0.3 is 0 Å². The van der Waals surface area contributed by atoms with Gasteiger partial charge in [-0.05, 0) is 25.2 Å². The van der Waals surface area contributed by atoms with Crippen molar-refractivity contribution in [1.82, 2.24) is 9.88 Å². The van der Waals surface area contributed by atoms with E-state index in [1.165, 1.54) is 6.07 Å². The lowest BCUT2D eigenvalue weighted by atomic mass is 10.2. The van der Waals surface area contributed by atoms with E-state index in [2.05, 4.69) is 4.98 Å². The van der Waals surface area contributed by atoms with E-state index >= 15 is 0 Å². The molecule has 0 spiro atoms. The lowest BCUT2D eigenvalue weighted by Crippen LogP contribution is -2.19. The van der Waals surface area contributed by atoms with Crippen LogP contribution in [0.15, 0.2) is 42.5 Å². The van der Waals surface area contributed by atoms with Gasteiger partial charge in [0.15, 0.2) is 0 Å². The van der Waals surface area contributed by atoms with Crippen LogP contribution in [0.3, 0.4) is 0 Å². The van der Waals surface area contributed by atoms with Crippen LogP contribution in [0.2, 0.25) is 0 Å². The molecule has 0 bridgehead atoms. The van der Waals surface area contributed by atoms with Crippen LogP contribution < -0.4 is 5.73 Å². The van der Waals surface area contributed by atoms with Gasteiger partial charge < -0.3 is 5.73 Å². The Morgan fingerprint density at radius 2 is 1.79 bits per heavy atom. The van der Waals surface area contributed by atoms with Crippen molar-refractivity contribution in [2.45, 2.75) is 19.6 Å². The first-order chi connectivity index (χ1) is 9.19. The lowest BCUT2D eigenvalue weighted by Gasteiger charge is -2.17. The van der Waals surface area contributed by atoms with Gasteiger partial charge in [0.05, 0.1) is 11.4 Å². The van der Waals surface area contributed by atoms with E-state index in [4.69, 9.17) is 5.73 Å². The van der Waals surface area contributed by atoms with Crippen molar-refractivity contribution in [2.24, 2.45) is 5.73 Å². The van der Waals surface area contributed by atoms with Gasteiger partial charge in [-0.1, -0.05) is 24.3 Å². The molecule has 1 aromatic carbocycles. The van der Waals surface area contributed by atoms with Gasteiger partial charge in [-0.25, -0.2) is 4.39 Å². The highest BCUT2D eigenvalue weighted by Crippen LogP contribution is 2.10. The molecule has 0 aliphatic carbocycles. The van der Waals surface area contributed by atoms with Crippen LogP contribution in [0.1, 0.15) is 17.0 Å². The summed E-state index contributed by atoms with van der Waals surface area (Å²) in [4.78, 5) is 6.46. The predicted octanol–water partition coefficient (Wildman–Crippen LogP) is 2.31. The van der Waals surface area contributed by atoms with E-state index < -0.39 is 0 Å². The van der Waals surface area contributed by atoms with Gasteiger partial charge in [0, 0.05) is 25.2 Å². The van der Waals surface area contributed by atoms with Crippen molar-refractivity contribution in [1.29, 1.82) is 0 Å². The summed E-state index contributed by atoms with van der Waals surface area (Å²) in [6.07, 6.45) is 0. The summed E-state index contributed by atoms with van der Waals surface area (Å²) in [5, 5.41) is 0. The largest absolute Gasteiger partial charge is 0.325 e. The zero-order valence-corrected chi connectivity index (χ0v) is 11.0. The molecule has 0 unspecified atom stereocenters. The highest BCUT2D eigenvalue weighted by Gasteiger charge is 2.06. The Morgan fingerprint density at radius 1 is 1.05 bits per heavy atom. The molecule has 0 saturated heterocycles. The summed E-state index contributed by atoms with van der Waals surface area (Å²) in [5.41, 5.74) is 8.08. The fourth-order valence-corrected chi connectivity index (χ4v) is 1.98. The molecule has 0 radical (unpaired) electrons. The first-order valence-electron chi connectivity index (χ1n) is 6.26. The Hall–Kier alpha value is -1.78. The maximum atomic E-state index is 13.5. The van der Waals surface area contributed by atoms with Gasteiger partial charge in [-0.2, -0.15) is 0 Å². The molecule has 4 heteroatoms. The van der Waals surface area contributed by atoms with E-state index in [1.807, 2.05) is 36.2 Å². The number of hydrogen-bond acceptors (Lipinski definition) is 3. The summed E-state index contributed by atoms with van der Waals surface area (Å²) in [6.45, 7) is 1.66. The van der Waals surface area contributed by atoms with Crippen LogP contribution in [0.5, 0.6) is 0 Å². The van der Waals surface area contributed by atoms with Gasteiger partial charge in [-0.15, -0.1) is 0 Å². The molecule has 0 fully saturated rings. The van der Waals surface area contributed by atoms with Crippen molar-refractivity contribution in [3.8, 4) is 0 Å². The maximum absolute atomic E-state index is 13.5. The summed E-state index contributed by atoms with van der Waals surface area (Å²) < 4.78 is 13.5. The fourth-order valence-electron chi connectivity index (χ4n) is 1.98. The van der Waals surface area contributed by atoms with Crippen LogP contribution in [0, 0.1) is 5.82 Å². The molecule has 0 atom stereocenters. The second-order valence-corrected chi connectivity index (χ2v) is 4.59. The van der Waals surface area contributed by atoms with Gasteiger partial charge in [0.1, 0.15) is 5.82 Å². The first kappa shape index (κ1) is 13.6. The quantitative estimate of drug-likeness (QED) is 0.896. The van der Waals surface area contributed by atoms with E-state index in [1.54, 1.807) is 12.1 Å². The smallest absolute Gasteiger partial charge is 0.127 e. The number of pyridine rings is 1. The molecule has 2 aromatic rings. The average Bonchev–Trinajstić information content (AvgIpc) is 2.41. The fraction of sp³-hybridized carbons (Fsp3) is 0.267. The van der Waals surface area contributed by atoms with Crippen LogP contribution in [0.25, 0.3) is 0 Å². The van der Waals surface area contributed by atoms with E-state index in [0.29, 0.717) is 25.2 Å². The Kier molecular flexibility index (Phi) is 4.60. The second-order valence-electron chi connectivity index (χ2n) is 4.59. The number of rotatable bonds is 5. The number of hydrogen-bond donors (Lipinski definition) is 1. The van der Waals surface area contributed by atoms with Crippen molar-refractivity contribution in [3.63, 3.8) is 0 Å². The standard InChI is InChI=1S/C15H18FN3/c1-19(10-12-5-2-3-8-15(12)16)11-14-7-4-6-13(9-17)18-14/h2-8H,9-11,17H2,1H3. The Bertz CT molecular complexity index is 542. The molecule has 19 heavy (non-hydrogen) atoms. The number of nitrogens with two attached hydrogens (primary N) is 1. The average molecular weight is 259 g/mol.